The number of thioether (sulfide) groups is 1. The first-order chi connectivity index (χ1) is 15.4. The molecule has 0 amide bonds. The summed E-state index contributed by atoms with van der Waals surface area (Å²) in [6.07, 6.45) is 0.659. The van der Waals surface area contributed by atoms with Crippen molar-refractivity contribution in [3.05, 3.63) is 50.9 Å². The molecule has 0 N–H and O–H groups in total. The maximum atomic E-state index is 13.8. The summed E-state index contributed by atoms with van der Waals surface area (Å²) in [6.45, 7) is 4.72. The predicted octanol–water partition coefficient (Wildman–Crippen LogP) is 5.54. The molecule has 0 radical (unpaired) electrons. The number of benzene rings is 1. The van der Waals surface area contributed by atoms with Gasteiger partial charge in [-0.1, -0.05) is 23.9 Å². The number of alkyl halides is 2. The molecule has 1 aromatic carbocycles. The fourth-order valence-electron chi connectivity index (χ4n) is 3.63. The second-order valence-corrected chi connectivity index (χ2v) is 9.46. The second kappa shape index (κ2) is 9.68. The van der Waals surface area contributed by atoms with Crippen LogP contribution in [0.15, 0.2) is 34.2 Å². The van der Waals surface area contributed by atoms with Gasteiger partial charge in [0.15, 0.2) is 5.16 Å². The number of halogens is 2. The number of para-hydroxylation sites is 2. The van der Waals surface area contributed by atoms with E-state index in [2.05, 4.69) is 4.98 Å². The van der Waals surface area contributed by atoms with Crippen LogP contribution in [0.1, 0.15) is 36.2 Å². The lowest BCUT2D eigenvalue weighted by atomic mass is 10.2. The predicted molar refractivity (Wildman–Crippen MR) is 125 cm³/mol. The summed E-state index contributed by atoms with van der Waals surface area (Å²) in [5.41, 5.74) is 1.75. The van der Waals surface area contributed by atoms with Crippen molar-refractivity contribution in [2.45, 2.75) is 51.2 Å². The van der Waals surface area contributed by atoms with Gasteiger partial charge in [-0.05, 0) is 44.9 Å². The van der Waals surface area contributed by atoms with E-state index in [1.165, 1.54) is 23.1 Å². The number of aromatic nitrogens is 4. The Hall–Kier alpha value is -2.30. The van der Waals surface area contributed by atoms with Gasteiger partial charge in [0.25, 0.3) is 5.56 Å². The Morgan fingerprint density at radius 2 is 2.00 bits per heavy atom. The van der Waals surface area contributed by atoms with Crippen LogP contribution in [-0.4, -0.2) is 32.3 Å². The van der Waals surface area contributed by atoms with Gasteiger partial charge in [0, 0.05) is 24.6 Å². The zero-order chi connectivity index (χ0) is 22.8. The van der Waals surface area contributed by atoms with Crippen LogP contribution in [0, 0.1) is 13.8 Å². The fraction of sp³-hybridized carbons (Fsp3) is 0.409. The lowest BCUT2D eigenvalue weighted by Crippen LogP contribution is -2.24. The number of rotatable bonds is 9. The van der Waals surface area contributed by atoms with Crippen molar-refractivity contribution >= 4 is 44.3 Å². The van der Waals surface area contributed by atoms with Crippen LogP contribution in [0.25, 0.3) is 21.3 Å². The largest absolute Gasteiger partial charge is 0.382 e. The average Bonchev–Trinajstić information content (AvgIpc) is 3.28. The van der Waals surface area contributed by atoms with Crippen LogP contribution in [-0.2, 0) is 17.0 Å². The zero-order valence-electron chi connectivity index (χ0n) is 18.1. The van der Waals surface area contributed by atoms with E-state index in [0.29, 0.717) is 52.6 Å². The zero-order valence-corrected chi connectivity index (χ0v) is 19.7. The third kappa shape index (κ3) is 4.31. The van der Waals surface area contributed by atoms with E-state index in [4.69, 9.17) is 9.72 Å². The number of thiophene rings is 1. The van der Waals surface area contributed by atoms with Gasteiger partial charge in [-0.25, -0.2) is 9.97 Å². The minimum absolute atomic E-state index is 0.0989. The van der Waals surface area contributed by atoms with E-state index in [0.717, 1.165) is 15.0 Å². The van der Waals surface area contributed by atoms with Gasteiger partial charge in [-0.3, -0.25) is 13.9 Å². The quantitative estimate of drug-likeness (QED) is 0.180. The molecule has 10 heteroatoms. The topological polar surface area (TPSA) is 61.9 Å². The van der Waals surface area contributed by atoms with Crippen molar-refractivity contribution < 1.29 is 13.5 Å². The van der Waals surface area contributed by atoms with Crippen molar-refractivity contribution in [1.29, 1.82) is 0 Å². The normalized spacial score (nSPS) is 11.9. The van der Waals surface area contributed by atoms with Gasteiger partial charge in [0.05, 0.1) is 22.2 Å². The van der Waals surface area contributed by atoms with Crippen molar-refractivity contribution in [2.75, 3.05) is 13.2 Å². The molecule has 0 bridgehead atoms. The third-order valence-corrected chi connectivity index (χ3v) is 7.40. The molecule has 0 saturated heterocycles. The van der Waals surface area contributed by atoms with Gasteiger partial charge in [-0.15, -0.1) is 11.3 Å². The summed E-state index contributed by atoms with van der Waals surface area (Å²) in [6, 6.07) is 6.84. The highest BCUT2D eigenvalue weighted by Gasteiger charge is 2.20. The third-order valence-electron chi connectivity index (χ3n) is 5.32. The molecule has 4 aromatic rings. The summed E-state index contributed by atoms with van der Waals surface area (Å²) < 4.78 is 35.6. The van der Waals surface area contributed by atoms with Crippen LogP contribution in [0.2, 0.25) is 0 Å². The van der Waals surface area contributed by atoms with Gasteiger partial charge in [0.2, 0.25) is 0 Å². The van der Waals surface area contributed by atoms with Crippen LogP contribution >= 0.6 is 23.1 Å². The maximum Gasteiger partial charge on any atom is 0.320 e. The highest BCUT2D eigenvalue weighted by atomic mass is 32.2. The Kier molecular flexibility index (Phi) is 6.92. The van der Waals surface area contributed by atoms with Crippen molar-refractivity contribution in [3.8, 4) is 0 Å². The molecule has 170 valence electrons. The van der Waals surface area contributed by atoms with E-state index < -0.39 is 6.55 Å². The summed E-state index contributed by atoms with van der Waals surface area (Å²) in [5, 5.41) is 1.14. The molecular weight excluding hydrogens is 454 g/mol. The summed E-state index contributed by atoms with van der Waals surface area (Å²) >= 11 is 2.73. The number of hydrogen-bond acceptors (Lipinski definition) is 6. The number of aryl methyl sites for hydroxylation is 2. The molecule has 0 aliphatic carbocycles. The number of fused-ring (bicyclic) bond motifs is 2. The molecule has 0 aliphatic heterocycles. The van der Waals surface area contributed by atoms with Crippen LogP contribution in [0.3, 0.4) is 0 Å². The monoisotopic (exact) mass is 478 g/mol. The molecular formula is C22H24F2N4O2S2. The molecule has 3 aromatic heterocycles. The lowest BCUT2D eigenvalue weighted by Gasteiger charge is -2.13. The second-order valence-electron chi connectivity index (χ2n) is 7.32. The van der Waals surface area contributed by atoms with E-state index in [9.17, 15) is 13.6 Å². The smallest absolute Gasteiger partial charge is 0.320 e. The molecule has 4 rings (SSSR count). The van der Waals surface area contributed by atoms with Gasteiger partial charge in [-0.2, -0.15) is 8.78 Å². The number of nitrogens with zero attached hydrogens (tertiary/aromatic N) is 4. The lowest BCUT2D eigenvalue weighted by molar-refractivity contribution is 0.0722. The van der Waals surface area contributed by atoms with E-state index in [1.807, 2.05) is 20.8 Å². The van der Waals surface area contributed by atoms with Crippen molar-refractivity contribution in [1.82, 2.24) is 19.1 Å². The van der Waals surface area contributed by atoms with E-state index in [1.54, 1.807) is 28.8 Å². The SMILES string of the molecule is CCOCCCn1c(SCc2nc3ccccc3n2C(F)F)nc2sc(C)c(C)c2c1=O. The van der Waals surface area contributed by atoms with Gasteiger partial charge >= 0.3 is 6.55 Å². The van der Waals surface area contributed by atoms with Crippen LogP contribution in [0.5, 0.6) is 0 Å². The Labute approximate surface area is 192 Å². The highest BCUT2D eigenvalue weighted by molar-refractivity contribution is 7.98. The van der Waals surface area contributed by atoms with Gasteiger partial charge < -0.3 is 4.74 Å². The van der Waals surface area contributed by atoms with E-state index in [-0.39, 0.29) is 17.1 Å². The highest BCUT2D eigenvalue weighted by Crippen LogP contribution is 2.31. The molecule has 0 fully saturated rings. The Morgan fingerprint density at radius 3 is 2.75 bits per heavy atom. The van der Waals surface area contributed by atoms with Gasteiger partial charge in [0.1, 0.15) is 10.7 Å². The Morgan fingerprint density at radius 1 is 1.22 bits per heavy atom. The average molecular weight is 479 g/mol. The number of ether oxygens (including phenoxy) is 1. The summed E-state index contributed by atoms with van der Waals surface area (Å²) in [7, 11) is 0. The number of hydrogen-bond donors (Lipinski definition) is 0. The Balaban J connectivity index is 1.71. The standard InChI is InChI=1S/C22H24F2N4O2S2/c1-4-30-11-7-10-27-20(29)18-13(2)14(3)32-19(18)26-22(27)31-12-17-25-15-8-5-6-9-16(15)28(17)21(23)24/h5-6,8-9,21H,4,7,10-12H2,1-3H3. The van der Waals surface area contributed by atoms with Crippen LogP contribution in [0.4, 0.5) is 8.78 Å². The summed E-state index contributed by atoms with van der Waals surface area (Å²) in [5.74, 6) is 0.422. The number of imidazole rings is 1. The minimum Gasteiger partial charge on any atom is -0.382 e. The fourth-order valence-corrected chi connectivity index (χ4v) is 5.65. The van der Waals surface area contributed by atoms with E-state index >= 15 is 0 Å². The molecule has 6 nitrogen and oxygen atoms in total. The van der Waals surface area contributed by atoms with Crippen molar-refractivity contribution in [3.63, 3.8) is 0 Å². The maximum absolute atomic E-state index is 13.8. The first kappa shape index (κ1) is 22.9. The summed E-state index contributed by atoms with van der Waals surface area (Å²) in [4.78, 5) is 24.2. The molecule has 0 spiro atoms. The molecule has 0 unspecified atom stereocenters. The molecule has 3 heterocycles. The molecule has 0 saturated carbocycles. The molecule has 32 heavy (non-hydrogen) atoms. The Bertz CT molecular complexity index is 1310. The first-order valence-electron chi connectivity index (χ1n) is 10.4. The van der Waals surface area contributed by atoms with Crippen molar-refractivity contribution in [2.24, 2.45) is 0 Å². The molecule has 0 aliphatic rings. The minimum atomic E-state index is -2.70. The van der Waals surface area contributed by atoms with Crippen LogP contribution < -0.4 is 5.56 Å². The molecule has 0 atom stereocenters. The first-order valence-corrected chi connectivity index (χ1v) is 12.2.